The number of primary amides is 1. The fourth-order valence-corrected chi connectivity index (χ4v) is 4.26. The maximum absolute atomic E-state index is 13.3. The molecule has 0 aliphatic heterocycles. The molecule has 1 fully saturated rings. The van der Waals surface area contributed by atoms with Crippen molar-refractivity contribution in [1.29, 1.82) is 0 Å². The van der Waals surface area contributed by atoms with Crippen LogP contribution in [0.3, 0.4) is 0 Å². The maximum atomic E-state index is 13.3. The van der Waals surface area contributed by atoms with Crippen LogP contribution in [-0.4, -0.2) is 22.2 Å². The Bertz CT molecular complexity index is 1400. The van der Waals surface area contributed by atoms with Crippen LogP contribution >= 0.6 is 0 Å². The smallest absolute Gasteiger partial charge is 0.435 e. The summed E-state index contributed by atoms with van der Waals surface area (Å²) < 4.78 is 46.8. The van der Waals surface area contributed by atoms with Crippen LogP contribution in [0.15, 0.2) is 84.9 Å². The number of nitrogens with two attached hydrogens (primary N) is 1. The maximum Gasteiger partial charge on any atom is 0.435 e. The summed E-state index contributed by atoms with van der Waals surface area (Å²) in [5.74, 6) is 0.346. The zero-order valence-corrected chi connectivity index (χ0v) is 20.5. The Balaban J connectivity index is 1.42. The molecule has 196 valence electrons. The number of amides is 1. The third-order valence-electron chi connectivity index (χ3n) is 6.47. The number of hydrogen-bond donors (Lipinski definition) is 2. The van der Waals surface area contributed by atoms with E-state index in [2.05, 4.69) is 10.4 Å². The lowest BCUT2D eigenvalue weighted by Gasteiger charge is -2.21. The van der Waals surface area contributed by atoms with Crippen LogP contribution in [0.4, 0.5) is 13.2 Å². The Morgan fingerprint density at radius 3 is 2.39 bits per heavy atom. The fourth-order valence-electron chi connectivity index (χ4n) is 4.26. The van der Waals surface area contributed by atoms with E-state index in [1.165, 1.54) is 12.8 Å². The number of benzene rings is 3. The number of hydrogen-bond acceptors (Lipinski definition) is 4. The van der Waals surface area contributed by atoms with E-state index >= 15 is 0 Å². The minimum atomic E-state index is -4.70. The first-order valence-electron chi connectivity index (χ1n) is 12.4. The molecule has 0 radical (unpaired) electrons. The summed E-state index contributed by atoms with van der Waals surface area (Å²) >= 11 is 0. The number of halogens is 3. The Kier molecular flexibility index (Phi) is 7.20. The fraction of sp³-hybridized carbons (Fsp3) is 0.241. The molecule has 1 heterocycles. The van der Waals surface area contributed by atoms with Crippen molar-refractivity contribution in [1.82, 2.24) is 15.1 Å². The summed E-state index contributed by atoms with van der Waals surface area (Å²) in [5.41, 5.74) is 7.03. The Morgan fingerprint density at radius 1 is 1.00 bits per heavy atom. The minimum Gasteiger partial charge on any atom is -0.489 e. The van der Waals surface area contributed by atoms with Gasteiger partial charge in [-0.15, -0.1) is 0 Å². The van der Waals surface area contributed by atoms with Crippen LogP contribution in [0, 0.1) is 5.92 Å². The monoisotopic (exact) mass is 520 g/mol. The van der Waals surface area contributed by atoms with Gasteiger partial charge < -0.3 is 15.8 Å². The lowest BCUT2D eigenvalue weighted by Crippen LogP contribution is -2.25. The van der Waals surface area contributed by atoms with Crippen molar-refractivity contribution in [2.75, 3.05) is 6.54 Å². The predicted octanol–water partition coefficient (Wildman–Crippen LogP) is 5.66. The van der Waals surface area contributed by atoms with Gasteiger partial charge in [0.15, 0.2) is 5.69 Å². The molecule has 4 aromatic rings. The van der Waals surface area contributed by atoms with Crippen molar-refractivity contribution in [2.45, 2.75) is 31.7 Å². The van der Waals surface area contributed by atoms with E-state index in [1.54, 1.807) is 18.2 Å². The average molecular weight is 521 g/mol. The Hall–Kier alpha value is -4.11. The average Bonchev–Trinajstić information content (AvgIpc) is 3.62. The van der Waals surface area contributed by atoms with Gasteiger partial charge in [0.05, 0.1) is 11.7 Å². The molecule has 1 unspecified atom stereocenters. The highest BCUT2D eigenvalue weighted by Gasteiger charge is 2.36. The summed E-state index contributed by atoms with van der Waals surface area (Å²) in [6.45, 7) is 1.27. The number of nitrogens with zero attached hydrogens (tertiary/aromatic N) is 2. The number of carbonyl (C=O) groups is 1. The van der Waals surface area contributed by atoms with Gasteiger partial charge in [-0.25, -0.2) is 4.68 Å². The molecule has 3 N–H and O–H groups in total. The molecule has 0 bridgehead atoms. The molecule has 0 saturated heterocycles. The number of ether oxygens (including phenoxy) is 1. The van der Waals surface area contributed by atoms with Crippen LogP contribution < -0.4 is 15.8 Å². The van der Waals surface area contributed by atoms with Gasteiger partial charge in [-0.1, -0.05) is 54.6 Å². The molecule has 3 aromatic carbocycles. The second-order valence-corrected chi connectivity index (χ2v) is 9.41. The molecule has 1 aromatic heterocycles. The number of nitrogens with one attached hydrogen (secondary N) is 1. The lowest BCUT2D eigenvalue weighted by molar-refractivity contribution is -0.141. The molecule has 9 heteroatoms. The van der Waals surface area contributed by atoms with Gasteiger partial charge in [0.2, 0.25) is 0 Å². The molecule has 38 heavy (non-hydrogen) atoms. The lowest BCUT2D eigenvalue weighted by atomic mass is 9.97. The van der Waals surface area contributed by atoms with Crippen molar-refractivity contribution < 1.29 is 22.7 Å². The van der Waals surface area contributed by atoms with Crippen molar-refractivity contribution in [3.05, 3.63) is 113 Å². The first kappa shape index (κ1) is 25.5. The first-order chi connectivity index (χ1) is 18.3. The van der Waals surface area contributed by atoms with Gasteiger partial charge in [-0.05, 0) is 66.3 Å². The topological polar surface area (TPSA) is 82.2 Å². The summed E-state index contributed by atoms with van der Waals surface area (Å²) in [7, 11) is 0. The predicted molar refractivity (Wildman–Crippen MR) is 137 cm³/mol. The van der Waals surface area contributed by atoms with Crippen LogP contribution in [0.5, 0.6) is 5.75 Å². The van der Waals surface area contributed by atoms with E-state index in [1.807, 2.05) is 60.7 Å². The highest BCUT2D eigenvalue weighted by Crippen LogP contribution is 2.32. The van der Waals surface area contributed by atoms with E-state index in [-0.39, 0.29) is 11.7 Å². The molecular weight excluding hydrogens is 493 g/mol. The second-order valence-electron chi connectivity index (χ2n) is 9.41. The zero-order chi connectivity index (χ0) is 26.7. The Morgan fingerprint density at radius 2 is 1.74 bits per heavy atom. The van der Waals surface area contributed by atoms with Crippen LogP contribution in [-0.2, 0) is 12.8 Å². The molecular formula is C29H27F3N4O2. The largest absolute Gasteiger partial charge is 0.489 e. The molecule has 0 spiro atoms. The molecule has 1 aliphatic carbocycles. The van der Waals surface area contributed by atoms with Crippen LogP contribution in [0.25, 0.3) is 5.69 Å². The summed E-state index contributed by atoms with van der Waals surface area (Å²) in [6, 6.07) is 25.0. The number of rotatable bonds is 10. The van der Waals surface area contributed by atoms with E-state index in [0.717, 1.165) is 33.7 Å². The standard InChI is InChI=1S/C29H27F3N4O2/c30-29(31,32)26-16-25(28(33)37)36(35-26)23-8-4-7-22(15-23)27(34-17-19-9-10-19)21-11-13-24(14-12-21)38-18-20-5-2-1-3-6-20/h1-8,11-16,19,27,34H,9-10,17-18H2,(H2,33,37). The molecule has 1 amide bonds. The second kappa shape index (κ2) is 10.7. The quantitative estimate of drug-likeness (QED) is 0.283. The molecule has 6 nitrogen and oxygen atoms in total. The summed E-state index contributed by atoms with van der Waals surface area (Å²) in [4.78, 5) is 11.9. The third kappa shape index (κ3) is 6.06. The number of alkyl halides is 3. The van der Waals surface area contributed by atoms with Gasteiger partial charge in [0.25, 0.3) is 5.91 Å². The van der Waals surface area contributed by atoms with Gasteiger partial charge in [0, 0.05) is 6.07 Å². The SMILES string of the molecule is NC(=O)c1cc(C(F)(F)F)nn1-c1cccc(C(NCC2CC2)c2ccc(OCc3ccccc3)cc2)c1. The zero-order valence-electron chi connectivity index (χ0n) is 20.5. The normalized spacial score (nSPS) is 14.3. The highest BCUT2D eigenvalue weighted by atomic mass is 19.4. The van der Waals surface area contributed by atoms with E-state index in [0.29, 0.717) is 24.3 Å². The molecule has 5 rings (SSSR count). The van der Waals surface area contributed by atoms with E-state index < -0.39 is 17.8 Å². The Labute approximate surface area is 218 Å². The molecule has 1 aliphatic rings. The number of carbonyl (C=O) groups excluding carboxylic acids is 1. The van der Waals surface area contributed by atoms with E-state index in [9.17, 15) is 18.0 Å². The van der Waals surface area contributed by atoms with Crippen molar-refractivity contribution in [3.63, 3.8) is 0 Å². The summed E-state index contributed by atoms with van der Waals surface area (Å²) in [6.07, 6.45) is -2.37. The van der Waals surface area contributed by atoms with Crippen molar-refractivity contribution >= 4 is 5.91 Å². The highest BCUT2D eigenvalue weighted by molar-refractivity contribution is 5.91. The van der Waals surface area contributed by atoms with Gasteiger partial charge >= 0.3 is 6.18 Å². The van der Waals surface area contributed by atoms with E-state index in [4.69, 9.17) is 10.5 Å². The van der Waals surface area contributed by atoms with Crippen LogP contribution in [0.2, 0.25) is 0 Å². The van der Waals surface area contributed by atoms with Crippen molar-refractivity contribution in [3.8, 4) is 11.4 Å². The first-order valence-corrected chi connectivity index (χ1v) is 12.4. The minimum absolute atomic E-state index is 0.228. The number of aromatic nitrogens is 2. The summed E-state index contributed by atoms with van der Waals surface area (Å²) in [5, 5.41) is 7.24. The van der Waals surface area contributed by atoms with Gasteiger partial charge in [-0.3, -0.25) is 4.79 Å². The molecule has 1 saturated carbocycles. The van der Waals surface area contributed by atoms with Gasteiger partial charge in [0.1, 0.15) is 18.1 Å². The van der Waals surface area contributed by atoms with Gasteiger partial charge in [-0.2, -0.15) is 18.3 Å². The van der Waals surface area contributed by atoms with Crippen LogP contribution in [0.1, 0.15) is 51.8 Å². The third-order valence-corrected chi connectivity index (χ3v) is 6.47. The molecule has 1 atom stereocenters. The van der Waals surface area contributed by atoms with Crippen molar-refractivity contribution in [2.24, 2.45) is 11.7 Å².